The second-order valence-corrected chi connectivity index (χ2v) is 4.15. The van der Waals surface area contributed by atoms with Gasteiger partial charge in [0.25, 0.3) is 0 Å². The molecule has 0 heterocycles. The Morgan fingerprint density at radius 3 is 1.75 bits per heavy atom. The average molecular weight is 238 g/mol. The summed E-state index contributed by atoms with van der Waals surface area (Å²) in [6.45, 7) is 4.24. The van der Waals surface area contributed by atoms with E-state index in [2.05, 4.69) is 50.2 Å². The monoisotopic (exact) mass is 238 g/mol. The summed E-state index contributed by atoms with van der Waals surface area (Å²) in [5.74, 6) is 11.8. The molecule has 0 aromatic rings. The van der Waals surface area contributed by atoms with Gasteiger partial charge >= 0.3 is 0 Å². The lowest BCUT2D eigenvalue weighted by molar-refractivity contribution is 0.189. The summed E-state index contributed by atoms with van der Waals surface area (Å²) >= 11 is 4.10. The van der Waals surface area contributed by atoms with Crippen molar-refractivity contribution in [3.05, 3.63) is 0 Å². The van der Waals surface area contributed by atoms with Crippen LogP contribution in [-0.2, 0) is 0 Å². The molecule has 0 aliphatic carbocycles. The Morgan fingerprint density at radius 1 is 1.00 bits per heavy atom. The highest BCUT2D eigenvalue weighted by Crippen LogP contribution is 2.05. The van der Waals surface area contributed by atoms with E-state index in [1.54, 1.807) is 0 Å². The van der Waals surface area contributed by atoms with Crippen molar-refractivity contribution in [2.75, 3.05) is 5.75 Å². The zero-order chi connectivity index (χ0) is 12.3. The van der Waals surface area contributed by atoms with Gasteiger partial charge < -0.3 is 5.11 Å². The smallest absolute Gasteiger partial charge is 0.196 e. The Balaban J connectivity index is 4.25. The molecule has 0 saturated heterocycles. The standard InChI is InChI=1S/C14H22OS/c1-3-5-7-9-11-14(15,13-16)12-10-8-6-4-2/h15-16H,3-8,13H2,1-2H3. The summed E-state index contributed by atoms with van der Waals surface area (Å²) in [4.78, 5) is 0. The van der Waals surface area contributed by atoms with Gasteiger partial charge in [0, 0.05) is 18.6 Å². The van der Waals surface area contributed by atoms with Crippen LogP contribution >= 0.6 is 12.6 Å². The first-order valence-electron chi connectivity index (χ1n) is 6.01. The zero-order valence-electron chi connectivity index (χ0n) is 10.3. The number of thiol groups is 1. The number of hydrogen-bond donors (Lipinski definition) is 2. The van der Waals surface area contributed by atoms with E-state index in [0.29, 0.717) is 0 Å². The number of unbranched alkanes of at least 4 members (excludes halogenated alkanes) is 4. The summed E-state index contributed by atoms with van der Waals surface area (Å²) in [5, 5.41) is 10.00. The van der Waals surface area contributed by atoms with Crippen LogP contribution in [0.15, 0.2) is 0 Å². The van der Waals surface area contributed by atoms with Gasteiger partial charge in [-0.1, -0.05) is 50.4 Å². The Morgan fingerprint density at radius 2 is 1.44 bits per heavy atom. The van der Waals surface area contributed by atoms with Crippen LogP contribution in [0.25, 0.3) is 0 Å². The van der Waals surface area contributed by atoms with Crippen LogP contribution in [0.5, 0.6) is 0 Å². The van der Waals surface area contributed by atoms with Gasteiger partial charge in [0.05, 0.1) is 0 Å². The number of aliphatic hydroxyl groups is 1. The highest BCUT2D eigenvalue weighted by molar-refractivity contribution is 7.80. The van der Waals surface area contributed by atoms with Crippen molar-refractivity contribution in [1.82, 2.24) is 0 Å². The maximum absolute atomic E-state index is 10.00. The quantitative estimate of drug-likeness (QED) is 0.428. The van der Waals surface area contributed by atoms with Crippen LogP contribution in [0.3, 0.4) is 0 Å². The van der Waals surface area contributed by atoms with Gasteiger partial charge in [0.15, 0.2) is 5.60 Å². The molecule has 0 aliphatic rings. The molecular weight excluding hydrogens is 216 g/mol. The van der Waals surface area contributed by atoms with E-state index >= 15 is 0 Å². The molecule has 0 aromatic carbocycles. The van der Waals surface area contributed by atoms with Crippen molar-refractivity contribution in [1.29, 1.82) is 0 Å². The maximum Gasteiger partial charge on any atom is 0.196 e. The third kappa shape index (κ3) is 7.69. The van der Waals surface area contributed by atoms with Gasteiger partial charge in [0.1, 0.15) is 0 Å². The van der Waals surface area contributed by atoms with E-state index in [9.17, 15) is 5.11 Å². The molecule has 0 amide bonds. The minimum atomic E-state index is -1.22. The van der Waals surface area contributed by atoms with E-state index in [-0.39, 0.29) is 5.75 Å². The molecule has 0 aromatic heterocycles. The van der Waals surface area contributed by atoms with Crippen LogP contribution in [-0.4, -0.2) is 16.5 Å². The Kier molecular flexibility index (Phi) is 9.30. The van der Waals surface area contributed by atoms with E-state index in [1.807, 2.05) is 0 Å². The summed E-state index contributed by atoms with van der Waals surface area (Å²) in [6.07, 6.45) is 6.02. The van der Waals surface area contributed by atoms with Crippen molar-refractivity contribution >= 4 is 12.6 Å². The van der Waals surface area contributed by atoms with Crippen molar-refractivity contribution < 1.29 is 5.11 Å². The Labute approximate surface area is 105 Å². The van der Waals surface area contributed by atoms with Crippen LogP contribution < -0.4 is 0 Å². The highest BCUT2D eigenvalue weighted by Gasteiger charge is 2.17. The molecule has 0 spiro atoms. The van der Waals surface area contributed by atoms with Gasteiger partial charge in [0.2, 0.25) is 0 Å². The molecule has 0 radical (unpaired) electrons. The molecule has 0 saturated carbocycles. The molecule has 90 valence electrons. The molecule has 16 heavy (non-hydrogen) atoms. The molecular formula is C14H22OS. The van der Waals surface area contributed by atoms with Crippen LogP contribution in [0, 0.1) is 23.7 Å². The first-order chi connectivity index (χ1) is 7.68. The van der Waals surface area contributed by atoms with Crippen LogP contribution in [0.4, 0.5) is 0 Å². The summed E-state index contributed by atoms with van der Waals surface area (Å²) in [7, 11) is 0. The topological polar surface area (TPSA) is 20.2 Å². The molecule has 0 atom stereocenters. The Bertz CT molecular complexity index is 261. The number of rotatable bonds is 5. The van der Waals surface area contributed by atoms with Crippen molar-refractivity contribution in [2.24, 2.45) is 0 Å². The van der Waals surface area contributed by atoms with E-state index < -0.39 is 5.60 Å². The fourth-order valence-corrected chi connectivity index (χ4v) is 1.22. The largest absolute Gasteiger partial charge is 0.366 e. The molecule has 0 fully saturated rings. The van der Waals surface area contributed by atoms with Gasteiger partial charge in [-0.25, -0.2) is 0 Å². The fourth-order valence-electron chi connectivity index (χ4n) is 1.06. The number of hydrogen-bond acceptors (Lipinski definition) is 2. The lowest BCUT2D eigenvalue weighted by Crippen LogP contribution is -2.26. The maximum atomic E-state index is 10.00. The van der Waals surface area contributed by atoms with Crippen molar-refractivity contribution in [2.45, 2.75) is 58.0 Å². The van der Waals surface area contributed by atoms with E-state index in [4.69, 9.17) is 0 Å². The second kappa shape index (κ2) is 9.64. The first kappa shape index (κ1) is 15.4. The third-order valence-electron chi connectivity index (χ3n) is 2.13. The molecule has 2 heteroatoms. The fraction of sp³-hybridized carbons (Fsp3) is 0.714. The summed E-state index contributed by atoms with van der Waals surface area (Å²) < 4.78 is 0. The molecule has 1 N–H and O–H groups in total. The highest BCUT2D eigenvalue weighted by atomic mass is 32.1. The van der Waals surface area contributed by atoms with Crippen molar-refractivity contribution in [3.8, 4) is 23.7 Å². The minimum Gasteiger partial charge on any atom is -0.366 e. The molecule has 0 unspecified atom stereocenters. The van der Waals surface area contributed by atoms with Crippen LogP contribution in [0.1, 0.15) is 52.4 Å². The van der Waals surface area contributed by atoms with Crippen LogP contribution in [0.2, 0.25) is 0 Å². The molecule has 0 aliphatic heterocycles. The lowest BCUT2D eigenvalue weighted by Gasteiger charge is -2.10. The average Bonchev–Trinajstić information content (AvgIpc) is 2.31. The summed E-state index contributed by atoms with van der Waals surface area (Å²) in [6, 6.07) is 0. The zero-order valence-corrected chi connectivity index (χ0v) is 11.2. The van der Waals surface area contributed by atoms with Gasteiger partial charge in [-0.15, -0.1) is 0 Å². The predicted molar refractivity (Wildman–Crippen MR) is 73.4 cm³/mol. The summed E-state index contributed by atoms with van der Waals surface area (Å²) in [5.41, 5.74) is -1.22. The molecule has 0 bridgehead atoms. The van der Waals surface area contributed by atoms with Gasteiger partial charge in [-0.3, -0.25) is 0 Å². The minimum absolute atomic E-state index is 0.269. The van der Waals surface area contributed by atoms with E-state index in [1.165, 1.54) is 0 Å². The first-order valence-corrected chi connectivity index (χ1v) is 6.65. The predicted octanol–water partition coefficient (Wildman–Crippen LogP) is 3.03. The van der Waals surface area contributed by atoms with Crippen molar-refractivity contribution in [3.63, 3.8) is 0 Å². The van der Waals surface area contributed by atoms with Gasteiger partial charge in [-0.05, 0) is 12.8 Å². The third-order valence-corrected chi connectivity index (χ3v) is 2.59. The SMILES string of the molecule is CCCCC#CC(O)(C#CCCCC)CS. The molecule has 1 nitrogen and oxygen atoms in total. The normalized spacial score (nSPS) is 10.0. The molecule has 0 rings (SSSR count). The van der Waals surface area contributed by atoms with Gasteiger partial charge in [-0.2, -0.15) is 12.6 Å². The second-order valence-electron chi connectivity index (χ2n) is 3.83. The lowest BCUT2D eigenvalue weighted by atomic mass is 10.1. The van der Waals surface area contributed by atoms with E-state index in [0.717, 1.165) is 38.5 Å². The Hall–Kier alpha value is -0.570.